The number of fused-ring (bicyclic) bond motifs is 1. The Balaban J connectivity index is 2.01. The third-order valence-electron chi connectivity index (χ3n) is 3.46. The van der Waals surface area contributed by atoms with Crippen LogP contribution >= 0.6 is 0 Å². The van der Waals surface area contributed by atoms with Crippen molar-refractivity contribution in [1.29, 1.82) is 0 Å². The SMILES string of the molecule is Oc1ccc(-c2ccc3c(c2)CC(O)C3O)cc1. The Morgan fingerprint density at radius 3 is 2.28 bits per heavy atom. The molecule has 0 aliphatic heterocycles. The van der Waals surface area contributed by atoms with Crippen LogP contribution in [0.2, 0.25) is 0 Å². The molecule has 0 aromatic heterocycles. The smallest absolute Gasteiger partial charge is 0.115 e. The molecule has 0 heterocycles. The lowest BCUT2D eigenvalue weighted by Crippen LogP contribution is -2.11. The average molecular weight is 242 g/mol. The summed E-state index contributed by atoms with van der Waals surface area (Å²) >= 11 is 0. The predicted molar refractivity (Wildman–Crippen MR) is 68.2 cm³/mol. The van der Waals surface area contributed by atoms with Gasteiger partial charge in [0.05, 0.1) is 6.10 Å². The second-order valence-corrected chi connectivity index (χ2v) is 4.68. The van der Waals surface area contributed by atoms with Crippen molar-refractivity contribution in [3.63, 3.8) is 0 Å². The van der Waals surface area contributed by atoms with E-state index in [1.54, 1.807) is 12.1 Å². The molecule has 0 bridgehead atoms. The first-order valence-corrected chi connectivity index (χ1v) is 5.93. The van der Waals surface area contributed by atoms with Crippen LogP contribution < -0.4 is 0 Å². The van der Waals surface area contributed by atoms with Crippen LogP contribution in [-0.4, -0.2) is 21.4 Å². The van der Waals surface area contributed by atoms with Crippen molar-refractivity contribution in [1.82, 2.24) is 0 Å². The summed E-state index contributed by atoms with van der Waals surface area (Å²) in [6, 6.07) is 12.8. The molecule has 2 aromatic carbocycles. The molecule has 3 N–H and O–H groups in total. The van der Waals surface area contributed by atoms with E-state index in [2.05, 4.69) is 0 Å². The predicted octanol–water partition coefficient (Wildman–Crippen LogP) is 2.01. The van der Waals surface area contributed by atoms with Crippen LogP contribution in [0.1, 0.15) is 17.2 Å². The normalized spacial score (nSPS) is 21.9. The molecule has 0 spiro atoms. The average Bonchev–Trinajstić information content (AvgIpc) is 2.65. The van der Waals surface area contributed by atoms with E-state index in [9.17, 15) is 15.3 Å². The van der Waals surface area contributed by atoms with Crippen LogP contribution in [0, 0.1) is 0 Å². The minimum atomic E-state index is -0.770. The molecule has 0 saturated heterocycles. The molecule has 1 aliphatic rings. The molecule has 1 aliphatic carbocycles. The number of hydrogen-bond acceptors (Lipinski definition) is 3. The number of hydrogen-bond donors (Lipinski definition) is 3. The fraction of sp³-hybridized carbons (Fsp3) is 0.200. The first-order valence-electron chi connectivity index (χ1n) is 5.93. The number of aromatic hydroxyl groups is 1. The monoisotopic (exact) mass is 242 g/mol. The molecule has 3 rings (SSSR count). The minimum Gasteiger partial charge on any atom is -0.508 e. The van der Waals surface area contributed by atoms with Gasteiger partial charge < -0.3 is 15.3 Å². The Labute approximate surface area is 105 Å². The molecule has 0 radical (unpaired) electrons. The van der Waals surface area contributed by atoms with Gasteiger partial charge in [0.2, 0.25) is 0 Å². The molecular weight excluding hydrogens is 228 g/mol. The highest BCUT2D eigenvalue weighted by molar-refractivity contribution is 5.66. The van der Waals surface area contributed by atoms with Crippen molar-refractivity contribution in [3.05, 3.63) is 53.6 Å². The number of aliphatic hydroxyl groups excluding tert-OH is 2. The number of benzene rings is 2. The van der Waals surface area contributed by atoms with Gasteiger partial charge in [0.15, 0.2) is 0 Å². The maximum atomic E-state index is 9.76. The summed E-state index contributed by atoms with van der Waals surface area (Å²) in [5.41, 5.74) is 3.83. The van der Waals surface area contributed by atoms with Crippen LogP contribution in [0.15, 0.2) is 42.5 Å². The summed E-state index contributed by atoms with van der Waals surface area (Å²) in [5, 5.41) is 28.7. The summed E-state index contributed by atoms with van der Waals surface area (Å²) in [7, 11) is 0. The van der Waals surface area contributed by atoms with Crippen LogP contribution in [0.3, 0.4) is 0 Å². The van der Waals surface area contributed by atoms with Crippen molar-refractivity contribution in [3.8, 4) is 16.9 Å². The molecule has 0 amide bonds. The molecule has 18 heavy (non-hydrogen) atoms. The quantitative estimate of drug-likeness (QED) is 0.717. The Bertz CT molecular complexity index is 575. The van der Waals surface area contributed by atoms with Gasteiger partial charge in [0.25, 0.3) is 0 Å². The largest absolute Gasteiger partial charge is 0.508 e. The molecule has 2 atom stereocenters. The zero-order valence-electron chi connectivity index (χ0n) is 9.74. The topological polar surface area (TPSA) is 60.7 Å². The maximum Gasteiger partial charge on any atom is 0.115 e. The van der Waals surface area contributed by atoms with Gasteiger partial charge in [-0.1, -0.05) is 30.3 Å². The molecule has 2 unspecified atom stereocenters. The summed E-state index contributed by atoms with van der Waals surface area (Å²) in [6.45, 7) is 0. The number of aliphatic hydroxyl groups is 2. The van der Waals surface area contributed by atoms with Gasteiger partial charge in [-0.3, -0.25) is 0 Å². The zero-order chi connectivity index (χ0) is 12.7. The maximum absolute atomic E-state index is 9.76. The summed E-state index contributed by atoms with van der Waals surface area (Å²) in [5.74, 6) is 0.241. The van der Waals surface area contributed by atoms with E-state index in [-0.39, 0.29) is 5.75 Å². The van der Waals surface area contributed by atoms with Gasteiger partial charge in [-0.2, -0.15) is 0 Å². The highest BCUT2D eigenvalue weighted by Gasteiger charge is 2.29. The second-order valence-electron chi connectivity index (χ2n) is 4.68. The van der Waals surface area contributed by atoms with Gasteiger partial charge >= 0.3 is 0 Å². The molecule has 0 saturated carbocycles. The van der Waals surface area contributed by atoms with Gasteiger partial charge in [0.1, 0.15) is 11.9 Å². The fourth-order valence-electron chi connectivity index (χ4n) is 2.45. The zero-order valence-corrected chi connectivity index (χ0v) is 9.74. The molecule has 2 aromatic rings. The van der Waals surface area contributed by atoms with E-state index in [0.717, 1.165) is 22.3 Å². The van der Waals surface area contributed by atoms with Crippen molar-refractivity contribution in [2.24, 2.45) is 0 Å². The first-order chi connectivity index (χ1) is 8.65. The standard InChI is InChI=1S/C15H14O3/c16-12-4-1-9(2-5-12)10-3-6-13-11(7-10)8-14(17)15(13)18/h1-7,14-18H,8H2. The van der Waals surface area contributed by atoms with Gasteiger partial charge in [-0.05, 0) is 34.4 Å². The van der Waals surface area contributed by atoms with Crippen molar-refractivity contribution in [2.75, 3.05) is 0 Å². The Hall–Kier alpha value is -1.84. The van der Waals surface area contributed by atoms with E-state index in [1.807, 2.05) is 30.3 Å². The van der Waals surface area contributed by atoms with E-state index in [1.165, 1.54) is 0 Å². The van der Waals surface area contributed by atoms with Gasteiger partial charge in [-0.15, -0.1) is 0 Å². The number of rotatable bonds is 1. The highest BCUT2D eigenvalue weighted by atomic mass is 16.3. The summed E-state index contributed by atoms with van der Waals surface area (Å²) in [6.07, 6.45) is -0.980. The Morgan fingerprint density at radius 2 is 1.56 bits per heavy atom. The van der Waals surface area contributed by atoms with Crippen LogP contribution in [-0.2, 0) is 6.42 Å². The van der Waals surface area contributed by atoms with Crippen LogP contribution in [0.4, 0.5) is 0 Å². The highest BCUT2D eigenvalue weighted by Crippen LogP contribution is 2.34. The van der Waals surface area contributed by atoms with Crippen LogP contribution in [0.5, 0.6) is 5.75 Å². The van der Waals surface area contributed by atoms with Gasteiger partial charge in [-0.25, -0.2) is 0 Å². The molecule has 92 valence electrons. The summed E-state index contributed by atoms with van der Waals surface area (Å²) < 4.78 is 0. The lowest BCUT2D eigenvalue weighted by Gasteiger charge is -2.08. The third kappa shape index (κ3) is 1.78. The van der Waals surface area contributed by atoms with Gasteiger partial charge in [0, 0.05) is 6.42 Å². The third-order valence-corrected chi connectivity index (χ3v) is 3.46. The van der Waals surface area contributed by atoms with E-state index in [4.69, 9.17) is 0 Å². The van der Waals surface area contributed by atoms with Crippen molar-refractivity contribution < 1.29 is 15.3 Å². The minimum absolute atomic E-state index is 0.241. The molecule has 0 fully saturated rings. The van der Waals surface area contributed by atoms with Crippen LogP contribution in [0.25, 0.3) is 11.1 Å². The lowest BCUT2D eigenvalue weighted by molar-refractivity contribution is 0.0326. The number of phenols is 1. The van der Waals surface area contributed by atoms with Crippen molar-refractivity contribution >= 4 is 0 Å². The molecule has 3 nitrogen and oxygen atoms in total. The fourth-order valence-corrected chi connectivity index (χ4v) is 2.45. The number of phenolic OH excluding ortho intramolecular Hbond substituents is 1. The second kappa shape index (κ2) is 4.12. The lowest BCUT2D eigenvalue weighted by atomic mass is 10.0. The van der Waals surface area contributed by atoms with E-state index < -0.39 is 12.2 Å². The summed E-state index contributed by atoms with van der Waals surface area (Å²) in [4.78, 5) is 0. The first kappa shape index (κ1) is 11.3. The van der Waals surface area contributed by atoms with E-state index in [0.29, 0.717) is 6.42 Å². The molecular formula is C15H14O3. The van der Waals surface area contributed by atoms with E-state index >= 15 is 0 Å². The van der Waals surface area contributed by atoms with Crippen molar-refractivity contribution in [2.45, 2.75) is 18.6 Å². The Kier molecular flexibility index (Phi) is 2.58. The Morgan fingerprint density at radius 1 is 0.889 bits per heavy atom. The molecule has 3 heteroatoms.